The minimum absolute atomic E-state index is 0.660. The number of piperidine rings is 1. The van der Waals surface area contributed by atoms with E-state index in [-0.39, 0.29) is 0 Å². The molecule has 3 heteroatoms. The average Bonchev–Trinajstić information content (AvgIpc) is 2.70. The highest BCUT2D eigenvalue weighted by molar-refractivity contribution is 4.82. The Labute approximate surface area is 125 Å². The Kier molecular flexibility index (Phi) is 7.32. The highest BCUT2D eigenvalue weighted by atomic mass is 15.1. The van der Waals surface area contributed by atoms with Crippen molar-refractivity contribution in [1.29, 1.82) is 0 Å². The molecule has 2 fully saturated rings. The van der Waals surface area contributed by atoms with Gasteiger partial charge in [0.25, 0.3) is 0 Å². The molecule has 0 radical (unpaired) electrons. The molecule has 3 nitrogen and oxygen atoms in total. The third-order valence-electron chi connectivity index (χ3n) is 4.95. The smallest absolute Gasteiger partial charge is 0.00938 e. The minimum atomic E-state index is 0.660. The zero-order valence-electron chi connectivity index (χ0n) is 13.7. The van der Waals surface area contributed by atoms with Crippen molar-refractivity contribution < 1.29 is 0 Å². The largest absolute Gasteiger partial charge is 0.314 e. The number of likely N-dealkylation sites (tertiary alicyclic amines) is 1. The number of nitrogens with zero attached hydrogens (tertiary/aromatic N) is 1. The summed E-state index contributed by atoms with van der Waals surface area (Å²) in [6, 6.07) is 2.16. The fourth-order valence-corrected chi connectivity index (χ4v) is 3.84. The van der Waals surface area contributed by atoms with Crippen molar-refractivity contribution in [1.82, 2.24) is 15.5 Å². The Morgan fingerprint density at radius 1 is 1.15 bits per heavy atom. The fourth-order valence-electron chi connectivity index (χ4n) is 3.84. The summed E-state index contributed by atoms with van der Waals surface area (Å²) in [6.07, 6.45) is 10.8. The number of hydrogen-bond donors (Lipinski definition) is 2. The summed E-state index contributed by atoms with van der Waals surface area (Å²) in [4.78, 5) is 2.62. The third kappa shape index (κ3) is 5.71. The van der Waals surface area contributed by atoms with E-state index in [1.807, 2.05) is 0 Å². The molecule has 2 saturated heterocycles. The lowest BCUT2D eigenvalue weighted by molar-refractivity contribution is 0.189. The lowest BCUT2D eigenvalue weighted by Gasteiger charge is -2.34. The van der Waals surface area contributed by atoms with Crippen LogP contribution in [0.2, 0.25) is 0 Å². The summed E-state index contributed by atoms with van der Waals surface area (Å²) in [7, 11) is 0. The van der Waals surface area contributed by atoms with Crippen LogP contribution in [-0.2, 0) is 0 Å². The number of rotatable bonds is 6. The Morgan fingerprint density at radius 3 is 2.70 bits per heavy atom. The molecule has 0 saturated carbocycles. The van der Waals surface area contributed by atoms with E-state index in [0.717, 1.165) is 12.1 Å². The van der Waals surface area contributed by atoms with Crippen LogP contribution in [-0.4, -0.2) is 49.2 Å². The van der Waals surface area contributed by atoms with Crippen LogP contribution < -0.4 is 10.6 Å². The van der Waals surface area contributed by atoms with E-state index < -0.39 is 0 Å². The quantitative estimate of drug-likeness (QED) is 0.784. The van der Waals surface area contributed by atoms with Crippen molar-refractivity contribution in [3.8, 4) is 0 Å². The Hall–Kier alpha value is -0.120. The second-order valence-electron chi connectivity index (χ2n) is 6.92. The highest BCUT2D eigenvalue weighted by Gasteiger charge is 2.21. The molecule has 0 amide bonds. The number of hydrogen-bond acceptors (Lipinski definition) is 3. The van der Waals surface area contributed by atoms with E-state index in [4.69, 9.17) is 0 Å². The molecule has 2 heterocycles. The van der Waals surface area contributed by atoms with Gasteiger partial charge in [0.05, 0.1) is 0 Å². The highest BCUT2D eigenvalue weighted by Crippen LogP contribution is 2.15. The van der Waals surface area contributed by atoms with Crippen LogP contribution in [0.3, 0.4) is 0 Å². The molecule has 0 aromatic rings. The molecule has 2 N–H and O–H groups in total. The van der Waals surface area contributed by atoms with E-state index in [0.29, 0.717) is 6.04 Å². The van der Waals surface area contributed by atoms with Crippen LogP contribution in [0.5, 0.6) is 0 Å². The lowest BCUT2D eigenvalue weighted by atomic mass is 10.00. The minimum Gasteiger partial charge on any atom is -0.314 e. The maximum Gasteiger partial charge on any atom is 0.00938 e. The summed E-state index contributed by atoms with van der Waals surface area (Å²) >= 11 is 0. The molecule has 0 aromatic carbocycles. The average molecular weight is 281 g/mol. The fraction of sp³-hybridized carbons (Fsp3) is 1.00. The molecule has 0 bridgehead atoms. The van der Waals surface area contributed by atoms with Crippen molar-refractivity contribution in [2.75, 3.05) is 26.2 Å². The number of nitrogens with one attached hydrogen (secondary N) is 2. The summed E-state index contributed by atoms with van der Waals surface area (Å²) in [5, 5.41) is 7.61. The topological polar surface area (TPSA) is 27.3 Å². The first kappa shape index (κ1) is 16.3. The lowest BCUT2D eigenvalue weighted by Crippen LogP contribution is -2.47. The van der Waals surface area contributed by atoms with Gasteiger partial charge in [-0.25, -0.2) is 0 Å². The van der Waals surface area contributed by atoms with Gasteiger partial charge in [-0.2, -0.15) is 0 Å². The maximum atomic E-state index is 3.88. The van der Waals surface area contributed by atoms with Gasteiger partial charge in [-0.15, -0.1) is 0 Å². The maximum absolute atomic E-state index is 3.88. The van der Waals surface area contributed by atoms with Crippen molar-refractivity contribution >= 4 is 0 Å². The van der Waals surface area contributed by atoms with Gasteiger partial charge in [-0.05, 0) is 71.6 Å². The van der Waals surface area contributed by atoms with Crippen LogP contribution in [0.1, 0.15) is 65.2 Å². The molecule has 2 unspecified atom stereocenters. The zero-order valence-corrected chi connectivity index (χ0v) is 13.7. The first-order valence-electron chi connectivity index (χ1n) is 8.99. The van der Waals surface area contributed by atoms with Gasteiger partial charge in [0, 0.05) is 18.1 Å². The third-order valence-corrected chi connectivity index (χ3v) is 4.95. The molecule has 0 aliphatic carbocycles. The van der Waals surface area contributed by atoms with Gasteiger partial charge < -0.3 is 15.5 Å². The van der Waals surface area contributed by atoms with E-state index in [1.165, 1.54) is 77.5 Å². The van der Waals surface area contributed by atoms with E-state index in [2.05, 4.69) is 29.4 Å². The Balaban J connectivity index is 1.63. The van der Waals surface area contributed by atoms with Crippen molar-refractivity contribution in [2.24, 2.45) is 0 Å². The molecule has 2 atom stereocenters. The second-order valence-corrected chi connectivity index (χ2v) is 6.92. The van der Waals surface area contributed by atoms with Crippen molar-refractivity contribution in [3.63, 3.8) is 0 Å². The SMILES string of the molecule is CCCN1CCC(NC(C)CC2CCCCCN2)CC1. The van der Waals surface area contributed by atoms with Crippen LogP contribution in [0.15, 0.2) is 0 Å². The molecular formula is C17H35N3. The van der Waals surface area contributed by atoms with E-state index in [1.54, 1.807) is 0 Å². The normalized spacial score (nSPS) is 28.2. The predicted octanol–water partition coefficient (Wildman–Crippen LogP) is 2.76. The molecule has 0 aromatic heterocycles. The zero-order chi connectivity index (χ0) is 14.2. The van der Waals surface area contributed by atoms with Crippen LogP contribution >= 0.6 is 0 Å². The molecule has 2 aliphatic heterocycles. The monoisotopic (exact) mass is 281 g/mol. The molecule has 20 heavy (non-hydrogen) atoms. The molecular weight excluding hydrogens is 246 g/mol. The molecule has 118 valence electrons. The second kappa shape index (κ2) is 9.01. The van der Waals surface area contributed by atoms with Gasteiger partial charge >= 0.3 is 0 Å². The van der Waals surface area contributed by atoms with Gasteiger partial charge in [0.1, 0.15) is 0 Å². The molecule has 0 spiro atoms. The van der Waals surface area contributed by atoms with E-state index in [9.17, 15) is 0 Å². The summed E-state index contributed by atoms with van der Waals surface area (Å²) in [5.74, 6) is 0. The Morgan fingerprint density at radius 2 is 1.95 bits per heavy atom. The first-order valence-corrected chi connectivity index (χ1v) is 8.99. The summed E-state index contributed by atoms with van der Waals surface area (Å²) in [6.45, 7) is 9.76. The molecule has 2 rings (SSSR count). The summed E-state index contributed by atoms with van der Waals surface area (Å²) in [5.41, 5.74) is 0. The van der Waals surface area contributed by atoms with Crippen LogP contribution in [0.4, 0.5) is 0 Å². The molecule has 2 aliphatic rings. The van der Waals surface area contributed by atoms with Crippen LogP contribution in [0.25, 0.3) is 0 Å². The standard InChI is InChI=1S/C17H35N3/c1-3-11-20-12-8-16(9-13-20)19-15(2)14-17-7-5-4-6-10-18-17/h15-19H,3-14H2,1-2H3. The first-order chi connectivity index (χ1) is 9.78. The summed E-state index contributed by atoms with van der Waals surface area (Å²) < 4.78 is 0. The van der Waals surface area contributed by atoms with Crippen molar-refractivity contribution in [2.45, 2.75) is 83.3 Å². The Bertz CT molecular complexity index is 241. The van der Waals surface area contributed by atoms with Gasteiger partial charge in [-0.1, -0.05) is 19.8 Å². The van der Waals surface area contributed by atoms with E-state index >= 15 is 0 Å². The van der Waals surface area contributed by atoms with Crippen molar-refractivity contribution in [3.05, 3.63) is 0 Å². The predicted molar refractivity (Wildman–Crippen MR) is 87.2 cm³/mol. The van der Waals surface area contributed by atoms with Gasteiger partial charge in [0.2, 0.25) is 0 Å². The van der Waals surface area contributed by atoms with Crippen LogP contribution in [0, 0.1) is 0 Å². The van der Waals surface area contributed by atoms with Gasteiger partial charge in [-0.3, -0.25) is 0 Å². The van der Waals surface area contributed by atoms with Gasteiger partial charge in [0.15, 0.2) is 0 Å².